The average molecular weight is 300 g/mol. The predicted octanol–water partition coefficient (Wildman–Crippen LogP) is 2.79. The fourth-order valence-corrected chi connectivity index (χ4v) is 1.94. The molecular weight excluding hydrogens is 275 g/mol. The second-order valence-corrected chi connectivity index (χ2v) is 5.71. The van der Waals surface area contributed by atoms with Gasteiger partial charge in [-0.3, -0.25) is 0 Å². The molecule has 120 valence electrons. The van der Waals surface area contributed by atoms with Gasteiger partial charge in [-0.2, -0.15) is 0 Å². The minimum absolute atomic E-state index is 0.148. The van der Waals surface area contributed by atoms with Crippen LogP contribution in [0.2, 0.25) is 0 Å². The summed E-state index contributed by atoms with van der Waals surface area (Å²) in [4.78, 5) is 0. The topological polar surface area (TPSA) is 58.9 Å². The fraction of sp³-hybridized carbons (Fsp3) is 0.625. The molecule has 0 radical (unpaired) electrons. The van der Waals surface area contributed by atoms with Crippen molar-refractivity contribution in [3.05, 3.63) is 35.6 Å². The minimum Gasteiger partial charge on any atom is -0.386 e. The number of methoxy groups -OCH3 is 1. The van der Waals surface area contributed by atoms with Crippen LogP contribution in [0.5, 0.6) is 0 Å². The Bertz CT molecular complexity index is 413. The Balaban J connectivity index is 0.000000315. The number of aliphatic hydroxyl groups is 2. The molecule has 3 unspecified atom stereocenters. The van der Waals surface area contributed by atoms with Crippen LogP contribution in [0.15, 0.2) is 24.3 Å². The highest BCUT2D eigenvalue weighted by molar-refractivity contribution is 5.19. The molecule has 0 saturated carbocycles. The number of halogens is 1. The summed E-state index contributed by atoms with van der Waals surface area (Å²) in [5.41, 5.74) is 0.718. The SMILES string of the molecule is CC1CCC(C(O)c2ccc(F)cc2)O1.COC(C)(C)O. The van der Waals surface area contributed by atoms with Gasteiger partial charge in [0, 0.05) is 7.11 Å². The molecule has 0 aliphatic carbocycles. The van der Waals surface area contributed by atoms with Gasteiger partial charge in [0.05, 0.1) is 12.2 Å². The highest BCUT2D eigenvalue weighted by Crippen LogP contribution is 2.29. The summed E-state index contributed by atoms with van der Waals surface area (Å²) in [6.45, 7) is 5.15. The summed E-state index contributed by atoms with van der Waals surface area (Å²) >= 11 is 0. The molecule has 1 aromatic carbocycles. The monoisotopic (exact) mass is 300 g/mol. The smallest absolute Gasteiger partial charge is 0.159 e. The van der Waals surface area contributed by atoms with Crippen molar-refractivity contribution < 1.29 is 24.1 Å². The molecule has 5 heteroatoms. The van der Waals surface area contributed by atoms with Crippen molar-refractivity contribution >= 4 is 0 Å². The quantitative estimate of drug-likeness (QED) is 0.843. The van der Waals surface area contributed by atoms with Crippen molar-refractivity contribution in [3.63, 3.8) is 0 Å². The standard InChI is InChI=1S/C12H15FO2.C4H10O2/c1-8-2-7-11(15-8)12(14)9-3-5-10(13)6-4-9;1-4(2,5)6-3/h3-6,8,11-12,14H,2,7H2,1H3;5H,1-3H3. The van der Waals surface area contributed by atoms with Crippen LogP contribution in [0, 0.1) is 5.82 Å². The maximum atomic E-state index is 12.7. The molecular formula is C16H25FO4. The second-order valence-electron chi connectivity index (χ2n) is 5.71. The number of ether oxygens (including phenoxy) is 2. The Morgan fingerprint density at radius 2 is 1.81 bits per heavy atom. The van der Waals surface area contributed by atoms with Gasteiger partial charge in [0.25, 0.3) is 0 Å². The molecule has 0 spiro atoms. The Morgan fingerprint density at radius 1 is 1.29 bits per heavy atom. The van der Waals surface area contributed by atoms with Crippen LogP contribution in [-0.4, -0.2) is 35.3 Å². The second kappa shape index (κ2) is 7.84. The Morgan fingerprint density at radius 3 is 2.19 bits per heavy atom. The van der Waals surface area contributed by atoms with Gasteiger partial charge >= 0.3 is 0 Å². The summed E-state index contributed by atoms with van der Waals surface area (Å²) in [6.07, 6.45) is 1.26. The van der Waals surface area contributed by atoms with Gasteiger partial charge in [-0.15, -0.1) is 0 Å². The van der Waals surface area contributed by atoms with Gasteiger partial charge < -0.3 is 19.7 Å². The first-order chi connectivity index (χ1) is 9.73. The van der Waals surface area contributed by atoms with Crippen molar-refractivity contribution in [1.82, 2.24) is 0 Å². The van der Waals surface area contributed by atoms with E-state index >= 15 is 0 Å². The molecule has 21 heavy (non-hydrogen) atoms. The highest BCUT2D eigenvalue weighted by Gasteiger charge is 2.29. The molecule has 2 rings (SSSR count). The molecule has 4 nitrogen and oxygen atoms in total. The fourth-order valence-electron chi connectivity index (χ4n) is 1.94. The molecule has 1 aromatic rings. The van der Waals surface area contributed by atoms with Gasteiger partial charge in [0.2, 0.25) is 0 Å². The number of benzene rings is 1. The van der Waals surface area contributed by atoms with E-state index in [0.717, 1.165) is 18.4 Å². The highest BCUT2D eigenvalue weighted by atomic mass is 19.1. The molecule has 1 heterocycles. The van der Waals surface area contributed by atoms with E-state index in [1.165, 1.54) is 19.2 Å². The predicted molar refractivity (Wildman–Crippen MR) is 78.2 cm³/mol. The van der Waals surface area contributed by atoms with E-state index in [0.29, 0.717) is 0 Å². The van der Waals surface area contributed by atoms with Crippen LogP contribution in [0.3, 0.4) is 0 Å². The van der Waals surface area contributed by atoms with Crippen LogP contribution in [-0.2, 0) is 9.47 Å². The third kappa shape index (κ3) is 6.52. The Hall–Kier alpha value is -1.01. The first kappa shape index (κ1) is 18.0. The molecule has 2 N–H and O–H groups in total. The molecule has 3 atom stereocenters. The number of aliphatic hydroxyl groups excluding tert-OH is 1. The molecule has 0 bridgehead atoms. The summed E-state index contributed by atoms with van der Waals surface area (Å²) in [6, 6.07) is 5.92. The van der Waals surface area contributed by atoms with Crippen LogP contribution in [0.1, 0.15) is 45.3 Å². The Labute approximate surface area is 125 Å². The van der Waals surface area contributed by atoms with E-state index < -0.39 is 11.9 Å². The third-order valence-corrected chi connectivity index (χ3v) is 3.33. The van der Waals surface area contributed by atoms with Crippen LogP contribution in [0.25, 0.3) is 0 Å². The lowest BCUT2D eigenvalue weighted by molar-refractivity contribution is -0.155. The van der Waals surface area contributed by atoms with E-state index in [9.17, 15) is 9.50 Å². The minimum atomic E-state index is -0.958. The van der Waals surface area contributed by atoms with E-state index in [-0.39, 0.29) is 18.0 Å². The van der Waals surface area contributed by atoms with Gasteiger partial charge in [0.15, 0.2) is 5.79 Å². The maximum absolute atomic E-state index is 12.7. The molecule has 1 aliphatic rings. The molecule has 1 fully saturated rings. The van der Waals surface area contributed by atoms with Crippen LogP contribution >= 0.6 is 0 Å². The van der Waals surface area contributed by atoms with E-state index in [2.05, 4.69) is 4.74 Å². The lowest BCUT2D eigenvalue weighted by atomic mass is 10.0. The number of rotatable bonds is 3. The van der Waals surface area contributed by atoms with E-state index in [1.54, 1.807) is 26.0 Å². The normalized spacial score (nSPS) is 23.4. The lowest BCUT2D eigenvalue weighted by Crippen LogP contribution is -2.20. The van der Waals surface area contributed by atoms with E-state index in [4.69, 9.17) is 9.84 Å². The van der Waals surface area contributed by atoms with Crippen LogP contribution < -0.4 is 0 Å². The zero-order chi connectivity index (χ0) is 16.0. The Kier molecular flexibility index (Phi) is 6.74. The maximum Gasteiger partial charge on any atom is 0.159 e. The average Bonchev–Trinajstić information content (AvgIpc) is 2.85. The number of hydrogen-bond donors (Lipinski definition) is 2. The van der Waals surface area contributed by atoms with Crippen molar-refractivity contribution in [2.24, 2.45) is 0 Å². The molecule has 0 aromatic heterocycles. The lowest BCUT2D eigenvalue weighted by Gasteiger charge is -2.18. The first-order valence-electron chi connectivity index (χ1n) is 7.09. The van der Waals surface area contributed by atoms with Crippen molar-refractivity contribution in [1.29, 1.82) is 0 Å². The first-order valence-corrected chi connectivity index (χ1v) is 7.09. The summed E-state index contributed by atoms with van der Waals surface area (Å²) in [5.74, 6) is -1.24. The van der Waals surface area contributed by atoms with Gasteiger partial charge in [-0.1, -0.05) is 12.1 Å². The molecule has 1 aliphatic heterocycles. The summed E-state index contributed by atoms with van der Waals surface area (Å²) in [5, 5.41) is 18.6. The summed E-state index contributed by atoms with van der Waals surface area (Å²) in [7, 11) is 1.46. The van der Waals surface area contributed by atoms with Gasteiger partial charge in [-0.05, 0) is 51.3 Å². The van der Waals surface area contributed by atoms with Gasteiger partial charge in [-0.25, -0.2) is 4.39 Å². The van der Waals surface area contributed by atoms with Crippen molar-refractivity contribution in [2.45, 2.75) is 57.7 Å². The number of hydrogen-bond acceptors (Lipinski definition) is 4. The largest absolute Gasteiger partial charge is 0.386 e. The van der Waals surface area contributed by atoms with E-state index in [1.807, 2.05) is 6.92 Å². The zero-order valence-electron chi connectivity index (χ0n) is 13.0. The van der Waals surface area contributed by atoms with Crippen molar-refractivity contribution in [2.75, 3.05) is 7.11 Å². The van der Waals surface area contributed by atoms with Crippen molar-refractivity contribution in [3.8, 4) is 0 Å². The van der Waals surface area contributed by atoms with Gasteiger partial charge in [0.1, 0.15) is 11.9 Å². The molecule has 1 saturated heterocycles. The zero-order valence-corrected chi connectivity index (χ0v) is 13.0. The third-order valence-electron chi connectivity index (χ3n) is 3.33. The molecule has 0 amide bonds. The summed E-state index contributed by atoms with van der Waals surface area (Å²) < 4.78 is 22.7. The van der Waals surface area contributed by atoms with Crippen LogP contribution in [0.4, 0.5) is 4.39 Å².